The van der Waals surface area contributed by atoms with Gasteiger partial charge in [-0.2, -0.15) is 5.10 Å². The molecule has 7 nitrogen and oxygen atoms in total. The van der Waals surface area contributed by atoms with E-state index in [-0.39, 0.29) is 24.0 Å². The Kier molecular flexibility index (Phi) is 7.59. The maximum absolute atomic E-state index is 12.2. The largest absolute Gasteiger partial charge is 0.508 e. The minimum absolute atomic E-state index is 0.00000722. The van der Waals surface area contributed by atoms with Crippen molar-refractivity contribution >= 4 is 12.1 Å². The van der Waals surface area contributed by atoms with E-state index in [1.165, 1.54) is 17.8 Å². The van der Waals surface area contributed by atoms with E-state index in [1.807, 2.05) is 6.07 Å². The molecular weight excluding hydrogens is 380 g/mol. The number of allylic oxidation sites excluding steroid dienone is 1. The summed E-state index contributed by atoms with van der Waals surface area (Å²) in [6.45, 7) is 8.30. The van der Waals surface area contributed by atoms with Gasteiger partial charge in [0.25, 0.3) is 5.91 Å². The monoisotopic (exact) mass is 408 g/mol. The molecule has 3 rings (SSSR count). The van der Waals surface area contributed by atoms with E-state index in [1.54, 1.807) is 12.1 Å². The number of benzene rings is 2. The number of carbonyl (C=O) groups excluding carboxylic acids is 1. The summed E-state index contributed by atoms with van der Waals surface area (Å²) < 4.78 is 0. The number of hydrogen-bond donors (Lipinski definition) is 3. The van der Waals surface area contributed by atoms with E-state index in [0.717, 1.165) is 32.7 Å². The molecule has 0 spiro atoms. The average molecular weight is 409 g/mol. The Morgan fingerprint density at radius 3 is 2.47 bits per heavy atom. The van der Waals surface area contributed by atoms with Gasteiger partial charge in [-0.05, 0) is 24.1 Å². The fourth-order valence-electron chi connectivity index (χ4n) is 3.45. The number of piperazine rings is 1. The molecule has 0 atom stereocenters. The lowest BCUT2D eigenvalue weighted by Crippen LogP contribution is -2.48. The Balaban J connectivity index is 1.44. The smallest absolute Gasteiger partial charge is 0.254 e. The van der Waals surface area contributed by atoms with Crippen LogP contribution in [-0.4, -0.2) is 64.9 Å². The van der Waals surface area contributed by atoms with Gasteiger partial charge in [-0.3, -0.25) is 14.6 Å². The van der Waals surface area contributed by atoms with Gasteiger partial charge in [-0.15, -0.1) is 6.58 Å². The molecule has 0 aliphatic carbocycles. The van der Waals surface area contributed by atoms with Gasteiger partial charge < -0.3 is 10.2 Å². The summed E-state index contributed by atoms with van der Waals surface area (Å²) in [5.41, 5.74) is 4.60. The summed E-state index contributed by atoms with van der Waals surface area (Å²) in [6, 6.07) is 13.4. The van der Waals surface area contributed by atoms with Gasteiger partial charge >= 0.3 is 0 Å². The van der Waals surface area contributed by atoms with Crippen LogP contribution in [0.1, 0.15) is 16.7 Å². The number of phenols is 2. The van der Waals surface area contributed by atoms with Crippen molar-refractivity contribution in [3.8, 4) is 11.5 Å². The number of amides is 1. The van der Waals surface area contributed by atoms with Crippen LogP contribution >= 0.6 is 0 Å². The molecule has 0 saturated carbocycles. The predicted molar refractivity (Wildman–Crippen MR) is 118 cm³/mol. The molecule has 0 aromatic heterocycles. The highest BCUT2D eigenvalue weighted by Gasteiger charge is 2.19. The molecule has 7 heteroatoms. The third-order valence-electron chi connectivity index (χ3n) is 5.11. The number of nitrogens with zero attached hydrogens (tertiary/aromatic N) is 3. The zero-order valence-corrected chi connectivity index (χ0v) is 17.0. The van der Waals surface area contributed by atoms with Gasteiger partial charge in [-0.1, -0.05) is 36.4 Å². The molecule has 0 radical (unpaired) electrons. The van der Waals surface area contributed by atoms with Crippen molar-refractivity contribution < 1.29 is 15.0 Å². The summed E-state index contributed by atoms with van der Waals surface area (Å²) in [7, 11) is 0. The normalized spacial score (nSPS) is 15.3. The Morgan fingerprint density at radius 2 is 1.77 bits per heavy atom. The fraction of sp³-hybridized carbons (Fsp3) is 0.304. The molecular formula is C23H28N4O3. The topological polar surface area (TPSA) is 88.4 Å². The molecule has 3 N–H and O–H groups in total. The van der Waals surface area contributed by atoms with E-state index >= 15 is 0 Å². The molecule has 1 amide bonds. The molecule has 1 saturated heterocycles. The molecule has 0 bridgehead atoms. The first kappa shape index (κ1) is 21.5. The van der Waals surface area contributed by atoms with Crippen molar-refractivity contribution in [1.29, 1.82) is 0 Å². The van der Waals surface area contributed by atoms with Crippen LogP contribution in [0.2, 0.25) is 0 Å². The molecule has 1 heterocycles. The number of hydrazone groups is 1. The van der Waals surface area contributed by atoms with Crippen LogP contribution in [0.4, 0.5) is 0 Å². The highest BCUT2D eigenvalue weighted by atomic mass is 16.3. The van der Waals surface area contributed by atoms with Crippen LogP contribution in [0.5, 0.6) is 11.5 Å². The summed E-state index contributed by atoms with van der Waals surface area (Å²) >= 11 is 0. The van der Waals surface area contributed by atoms with Crippen molar-refractivity contribution in [3.05, 3.63) is 71.8 Å². The van der Waals surface area contributed by atoms with E-state index in [4.69, 9.17) is 0 Å². The predicted octanol–water partition coefficient (Wildman–Crippen LogP) is 2.09. The third-order valence-corrected chi connectivity index (χ3v) is 5.11. The minimum Gasteiger partial charge on any atom is -0.508 e. The number of nitrogens with one attached hydrogen (secondary N) is 1. The quantitative estimate of drug-likeness (QED) is 0.354. The second-order valence-corrected chi connectivity index (χ2v) is 7.32. The Hall–Kier alpha value is -3.16. The zero-order valence-electron chi connectivity index (χ0n) is 17.0. The first-order chi connectivity index (χ1) is 14.6. The van der Waals surface area contributed by atoms with Crippen molar-refractivity contribution in [2.75, 3.05) is 32.7 Å². The van der Waals surface area contributed by atoms with Gasteiger partial charge in [0.05, 0.1) is 12.8 Å². The molecule has 2 aromatic carbocycles. The highest BCUT2D eigenvalue weighted by molar-refractivity contribution is 5.86. The Labute approximate surface area is 176 Å². The summed E-state index contributed by atoms with van der Waals surface area (Å²) in [5.74, 6) is -0.269. The number of carbonyl (C=O) groups is 1. The first-order valence-electron chi connectivity index (χ1n) is 10.0. The third kappa shape index (κ3) is 5.92. The van der Waals surface area contributed by atoms with Gasteiger partial charge in [0.1, 0.15) is 11.5 Å². The van der Waals surface area contributed by atoms with Crippen molar-refractivity contribution in [3.63, 3.8) is 0 Å². The molecule has 30 heavy (non-hydrogen) atoms. The molecule has 158 valence electrons. The lowest BCUT2D eigenvalue weighted by atomic mass is 10.1. The van der Waals surface area contributed by atoms with Crippen LogP contribution in [0.25, 0.3) is 0 Å². The number of phenolic OH excluding ortho intramolecular Hbond substituents is 2. The van der Waals surface area contributed by atoms with E-state index in [0.29, 0.717) is 17.5 Å². The number of aromatic hydroxyl groups is 2. The summed E-state index contributed by atoms with van der Waals surface area (Å²) in [5, 5.41) is 24.0. The van der Waals surface area contributed by atoms with Crippen molar-refractivity contribution in [2.45, 2.75) is 13.0 Å². The first-order valence-corrected chi connectivity index (χ1v) is 10.0. The summed E-state index contributed by atoms with van der Waals surface area (Å²) in [4.78, 5) is 16.7. The van der Waals surface area contributed by atoms with Crippen LogP contribution in [0, 0.1) is 0 Å². The zero-order chi connectivity index (χ0) is 21.3. The van der Waals surface area contributed by atoms with Gasteiger partial charge in [0, 0.05) is 43.9 Å². The number of hydrogen-bond acceptors (Lipinski definition) is 6. The van der Waals surface area contributed by atoms with E-state index in [2.05, 4.69) is 51.2 Å². The Bertz CT molecular complexity index is 891. The van der Waals surface area contributed by atoms with E-state index < -0.39 is 0 Å². The van der Waals surface area contributed by atoms with Gasteiger partial charge in [0.2, 0.25) is 0 Å². The van der Waals surface area contributed by atoms with Crippen molar-refractivity contribution in [2.24, 2.45) is 5.10 Å². The second-order valence-electron chi connectivity index (χ2n) is 7.32. The van der Waals surface area contributed by atoms with Crippen molar-refractivity contribution in [1.82, 2.24) is 15.2 Å². The average Bonchev–Trinajstić information content (AvgIpc) is 2.75. The van der Waals surface area contributed by atoms with Crippen LogP contribution in [-0.2, 0) is 17.8 Å². The summed E-state index contributed by atoms with van der Waals surface area (Å²) in [6.07, 6.45) is 3.30. The molecule has 1 aliphatic heterocycles. The van der Waals surface area contributed by atoms with Crippen LogP contribution < -0.4 is 5.43 Å². The molecule has 1 fully saturated rings. The minimum atomic E-state index is -0.202. The lowest BCUT2D eigenvalue weighted by Gasteiger charge is -2.34. The van der Waals surface area contributed by atoms with Gasteiger partial charge in [0.15, 0.2) is 0 Å². The standard InChI is InChI=1S/C23H28N4O3/c1-2-6-20-21(28)10-9-19(23(20)30)15-24-25-22(29)17-27-13-11-26(12-14-27)16-18-7-4-3-5-8-18/h2-5,7-10,15,28,30H,1,6,11-14,16-17H2,(H,25,29)/b24-15+. The SMILES string of the molecule is C=CCc1c(O)ccc(/C=N/NC(=O)CN2CCN(Cc3ccccc3)CC2)c1O. The maximum Gasteiger partial charge on any atom is 0.254 e. The van der Waals surface area contributed by atoms with Crippen LogP contribution in [0.3, 0.4) is 0 Å². The lowest BCUT2D eigenvalue weighted by molar-refractivity contribution is -0.122. The highest BCUT2D eigenvalue weighted by Crippen LogP contribution is 2.30. The molecule has 2 aromatic rings. The number of rotatable bonds is 8. The van der Waals surface area contributed by atoms with E-state index in [9.17, 15) is 15.0 Å². The Morgan fingerprint density at radius 1 is 1.07 bits per heavy atom. The second kappa shape index (κ2) is 10.6. The molecule has 0 unspecified atom stereocenters. The van der Waals surface area contributed by atoms with Crippen LogP contribution in [0.15, 0.2) is 60.2 Å². The fourth-order valence-corrected chi connectivity index (χ4v) is 3.45. The van der Waals surface area contributed by atoms with Gasteiger partial charge in [-0.25, -0.2) is 5.43 Å². The molecule has 1 aliphatic rings. The maximum atomic E-state index is 12.2.